The molecule has 0 aliphatic carbocycles. The molecular formula is C10H15F3N4O. The van der Waals surface area contributed by atoms with Gasteiger partial charge in [-0.15, -0.1) is 0 Å². The molecule has 0 saturated carbocycles. The number of amidine groups is 1. The van der Waals surface area contributed by atoms with Crippen LogP contribution in [0, 0.1) is 0 Å². The zero-order chi connectivity index (χ0) is 14.3. The summed E-state index contributed by atoms with van der Waals surface area (Å²) in [7, 11) is 0. The molecular weight excluding hydrogens is 249 g/mol. The number of halogens is 3. The molecule has 0 unspecified atom stereocenters. The van der Waals surface area contributed by atoms with Crippen LogP contribution in [0.25, 0.3) is 0 Å². The lowest BCUT2D eigenvalue weighted by Gasteiger charge is -2.21. The number of phenolic OH excluding ortho intramolecular Hbond substituents is 1. The Morgan fingerprint density at radius 1 is 1.22 bits per heavy atom. The van der Waals surface area contributed by atoms with Crippen molar-refractivity contribution in [2.24, 2.45) is 16.8 Å². The van der Waals surface area contributed by atoms with Crippen molar-refractivity contribution in [3.8, 4) is 5.75 Å². The van der Waals surface area contributed by atoms with Crippen molar-refractivity contribution in [2.45, 2.75) is 20.0 Å². The van der Waals surface area contributed by atoms with Crippen LogP contribution in [0.1, 0.15) is 13.8 Å². The van der Waals surface area contributed by atoms with Gasteiger partial charge in [0, 0.05) is 0 Å². The van der Waals surface area contributed by atoms with E-state index in [2.05, 4.69) is 10.9 Å². The van der Waals surface area contributed by atoms with Gasteiger partial charge in [0.2, 0.25) is 5.84 Å². The van der Waals surface area contributed by atoms with E-state index in [-0.39, 0.29) is 11.4 Å². The Hall–Kier alpha value is -1.96. The highest BCUT2D eigenvalue weighted by molar-refractivity contribution is 6.00. The van der Waals surface area contributed by atoms with Crippen LogP contribution >= 0.6 is 0 Å². The first kappa shape index (κ1) is 16.0. The lowest BCUT2D eigenvalue weighted by Crippen LogP contribution is -2.46. The third-order valence-electron chi connectivity index (χ3n) is 1.73. The van der Waals surface area contributed by atoms with Crippen molar-refractivity contribution in [3.05, 3.63) is 24.3 Å². The number of rotatable bonds is 1. The Morgan fingerprint density at radius 3 is 2.00 bits per heavy atom. The standard InChI is InChI=1S/C8H9F3N4O.C2H6/c9-8(10,11)7(14-12)15(13)5-1-3-6(16)4-2-5;1-2/h1-4,16H,12-13H2;1-2H3/b14-7-;. The molecule has 102 valence electrons. The van der Waals surface area contributed by atoms with Crippen molar-refractivity contribution in [2.75, 3.05) is 5.01 Å². The molecule has 1 aromatic carbocycles. The molecule has 0 atom stereocenters. The van der Waals surface area contributed by atoms with Gasteiger partial charge in [-0.1, -0.05) is 13.8 Å². The van der Waals surface area contributed by atoms with Gasteiger partial charge < -0.3 is 10.9 Å². The number of hydrogen-bond acceptors (Lipinski definition) is 4. The summed E-state index contributed by atoms with van der Waals surface area (Å²) in [6.45, 7) is 4.00. The highest BCUT2D eigenvalue weighted by Gasteiger charge is 2.39. The summed E-state index contributed by atoms with van der Waals surface area (Å²) in [5.41, 5.74) is -0.000625. The minimum Gasteiger partial charge on any atom is -0.508 e. The zero-order valence-electron chi connectivity index (χ0n) is 9.94. The Balaban J connectivity index is 0.00000137. The first-order valence-corrected chi connectivity index (χ1v) is 5.05. The van der Waals surface area contributed by atoms with Crippen LogP contribution in [0.3, 0.4) is 0 Å². The summed E-state index contributed by atoms with van der Waals surface area (Å²) in [5.74, 6) is 8.31. The van der Waals surface area contributed by atoms with Crippen LogP contribution in [0.4, 0.5) is 18.9 Å². The third-order valence-corrected chi connectivity index (χ3v) is 1.73. The molecule has 0 radical (unpaired) electrons. The van der Waals surface area contributed by atoms with Crippen molar-refractivity contribution in [3.63, 3.8) is 0 Å². The predicted molar refractivity (Wildman–Crippen MR) is 63.8 cm³/mol. The van der Waals surface area contributed by atoms with E-state index in [1.807, 2.05) is 13.8 Å². The SMILES string of the molecule is CC.N/N=C(\N(N)c1ccc(O)cc1)C(F)(F)F. The van der Waals surface area contributed by atoms with Gasteiger partial charge in [-0.2, -0.15) is 18.3 Å². The van der Waals surface area contributed by atoms with E-state index in [0.29, 0.717) is 5.01 Å². The molecule has 0 amide bonds. The average molecular weight is 264 g/mol. The molecule has 0 aliphatic heterocycles. The summed E-state index contributed by atoms with van der Waals surface area (Å²) in [6, 6.07) is 4.79. The largest absolute Gasteiger partial charge is 0.508 e. The molecule has 1 rings (SSSR count). The quantitative estimate of drug-likeness (QED) is 0.313. The minimum atomic E-state index is -4.75. The molecule has 5 nitrogen and oxygen atoms in total. The van der Waals surface area contributed by atoms with Gasteiger partial charge in [0.25, 0.3) is 0 Å². The van der Waals surface area contributed by atoms with Gasteiger partial charge in [-0.05, 0) is 24.3 Å². The monoisotopic (exact) mass is 264 g/mol. The maximum atomic E-state index is 12.4. The smallest absolute Gasteiger partial charge is 0.452 e. The van der Waals surface area contributed by atoms with Crippen molar-refractivity contribution in [1.82, 2.24) is 0 Å². The fraction of sp³-hybridized carbons (Fsp3) is 0.300. The van der Waals surface area contributed by atoms with Gasteiger partial charge in [-0.3, -0.25) is 5.01 Å². The van der Waals surface area contributed by atoms with Crippen molar-refractivity contribution >= 4 is 11.5 Å². The van der Waals surface area contributed by atoms with E-state index in [9.17, 15) is 13.2 Å². The van der Waals surface area contributed by atoms with Crippen LogP contribution in [0.2, 0.25) is 0 Å². The lowest BCUT2D eigenvalue weighted by molar-refractivity contribution is -0.0604. The lowest BCUT2D eigenvalue weighted by atomic mass is 10.3. The summed E-state index contributed by atoms with van der Waals surface area (Å²) in [6.07, 6.45) is -4.75. The fourth-order valence-corrected chi connectivity index (χ4v) is 1.01. The molecule has 5 N–H and O–H groups in total. The van der Waals surface area contributed by atoms with E-state index in [4.69, 9.17) is 10.9 Å². The Bertz CT molecular complexity index is 389. The molecule has 1 aromatic rings. The van der Waals surface area contributed by atoms with E-state index in [0.717, 1.165) is 0 Å². The van der Waals surface area contributed by atoms with E-state index in [1.54, 1.807) is 0 Å². The Morgan fingerprint density at radius 2 is 1.67 bits per heavy atom. The Labute approximate surface area is 102 Å². The summed E-state index contributed by atoms with van der Waals surface area (Å²) >= 11 is 0. The van der Waals surface area contributed by atoms with Gasteiger partial charge >= 0.3 is 6.18 Å². The molecule has 0 aliphatic rings. The molecule has 0 fully saturated rings. The van der Waals surface area contributed by atoms with Crippen LogP contribution in [0.15, 0.2) is 29.4 Å². The molecule has 18 heavy (non-hydrogen) atoms. The second-order valence-electron chi connectivity index (χ2n) is 2.84. The number of nitrogens with zero attached hydrogens (tertiary/aromatic N) is 2. The maximum Gasteiger partial charge on any atom is 0.452 e. The van der Waals surface area contributed by atoms with Crippen LogP contribution in [-0.2, 0) is 0 Å². The first-order valence-electron chi connectivity index (χ1n) is 5.05. The Kier molecular flexibility index (Phi) is 5.97. The minimum absolute atomic E-state index is 0.000625. The molecule has 0 saturated heterocycles. The summed E-state index contributed by atoms with van der Waals surface area (Å²) in [5, 5.41) is 11.8. The van der Waals surface area contributed by atoms with Gasteiger partial charge in [-0.25, -0.2) is 5.84 Å². The van der Waals surface area contributed by atoms with E-state index < -0.39 is 12.0 Å². The third kappa shape index (κ3) is 4.13. The van der Waals surface area contributed by atoms with Gasteiger partial charge in [0.15, 0.2) is 0 Å². The van der Waals surface area contributed by atoms with E-state index >= 15 is 0 Å². The number of benzene rings is 1. The molecule has 8 heteroatoms. The first-order chi connectivity index (χ1) is 8.36. The van der Waals surface area contributed by atoms with Gasteiger partial charge in [0.05, 0.1) is 5.69 Å². The number of hydrazone groups is 1. The number of hydrazine groups is 1. The van der Waals surface area contributed by atoms with Crippen molar-refractivity contribution in [1.29, 1.82) is 0 Å². The molecule has 0 bridgehead atoms. The van der Waals surface area contributed by atoms with Crippen LogP contribution in [-0.4, -0.2) is 17.1 Å². The fourth-order valence-electron chi connectivity index (χ4n) is 1.01. The molecule has 0 heterocycles. The second kappa shape index (κ2) is 6.70. The average Bonchev–Trinajstić information content (AvgIpc) is 2.31. The number of aromatic hydroxyl groups is 1. The predicted octanol–water partition coefficient (Wildman–Crippen LogP) is 1.93. The van der Waals surface area contributed by atoms with Crippen molar-refractivity contribution < 1.29 is 18.3 Å². The number of anilines is 1. The van der Waals surface area contributed by atoms with Crippen LogP contribution < -0.4 is 16.7 Å². The maximum absolute atomic E-state index is 12.4. The number of alkyl halides is 3. The number of phenols is 1. The van der Waals surface area contributed by atoms with Crippen LogP contribution in [0.5, 0.6) is 5.75 Å². The molecule has 0 aromatic heterocycles. The highest BCUT2D eigenvalue weighted by Crippen LogP contribution is 2.23. The highest BCUT2D eigenvalue weighted by atomic mass is 19.4. The molecule has 0 spiro atoms. The summed E-state index contributed by atoms with van der Waals surface area (Å²) in [4.78, 5) is 0. The topological polar surface area (TPSA) is 87.9 Å². The summed E-state index contributed by atoms with van der Waals surface area (Å²) < 4.78 is 37.1. The van der Waals surface area contributed by atoms with Gasteiger partial charge in [0.1, 0.15) is 5.75 Å². The second-order valence-corrected chi connectivity index (χ2v) is 2.84. The normalized spacial score (nSPS) is 11.6. The number of hydrogen-bond donors (Lipinski definition) is 3. The number of nitrogens with two attached hydrogens (primary N) is 2. The zero-order valence-corrected chi connectivity index (χ0v) is 9.94. The van der Waals surface area contributed by atoms with E-state index in [1.165, 1.54) is 24.3 Å².